The van der Waals surface area contributed by atoms with Crippen molar-refractivity contribution in [2.45, 2.75) is 18.7 Å². The summed E-state index contributed by atoms with van der Waals surface area (Å²) in [5.41, 5.74) is 1.72. The minimum absolute atomic E-state index is 0.0599. The maximum Gasteiger partial charge on any atom is 0.342 e. The topological polar surface area (TPSA) is 52.6 Å². The molecule has 0 aromatic heterocycles. The highest BCUT2D eigenvalue weighted by atomic mass is 35.5. The predicted octanol–water partition coefficient (Wildman–Crippen LogP) is 3.73. The maximum atomic E-state index is 12.4. The smallest absolute Gasteiger partial charge is 0.342 e. The zero-order valence-electron chi connectivity index (χ0n) is 11.9. The van der Waals surface area contributed by atoms with Crippen LogP contribution in [0.15, 0.2) is 41.3 Å². The van der Waals surface area contributed by atoms with Crippen LogP contribution in [0.3, 0.4) is 0 Å². The highest BCUT2D eigenvalue weighted by Gasteiger charge is 2.23. The highest BCUT2D eigenvalue weighted by Crippen LogP contribution is 2.31. The third-order valence-corrected chi connectivity index (χ3v) is 4.66. The Balaban J connectivity index is 2.46. The zero-order chi connectivity index (χ0) is 15.6. The Morgan fingerprint density at radius 1 is 1.05 bits per heavy atom. The standard InChI is InChI=1S/C15H15ClO4S/c1-10-5-4-6-13(11(10)2)20-21(17,18)15-8-7-12(16)9-14(15)19-3/h4-9H,1-3H3. The van der Waals surface area contributed by atoms with Gasteiger partial charge in [-0.05, 0) is 43.2 Å². The lowest BCUT2D eigenvalue weighted by Crippen LogP contribution is -2.12. The molecule has 4 nitrogen and oxygen atoms in total. The van der Waals surface area contributed by atoms with Crippen molar-refractivity contribution in [1.29, 1.82) is 0 Å². The molecule has 0 bridgehead atoms. The molecular formula is C15H15ClO4S. The lowest BCUT2D eigenvalue weighted by molar-refractivity contribution is 0.398. The summed E-state index contributed by atoms with van der Waals surface area (Å²) < 4.78 is 35.1. The first-order valence-electron chi connectivity index (χ1n) is 6.19. The number of hydrogen-bond donors (Lipinski definition) is 0. The first-order valence-corrected chi connectivity index (χ1v) is 7.98. The van der Waals surface area contributed by atoms with Crippen LogP contribution in [-0.4, -0.2) is 15.5 Å². The van der Waals surface area contributed by atoms with Gasteiger partial charge >= 0.3 is 10.1 Å². The van der Waals surface area contributed by atoms with E-state index in [0.29, 0.717) is 10.8 Å². The molecule has 0 fully saturated rings. The molecule has 0 heterocycles. The molecule has 0 saturated heterocycles. The van der Waals surface area contributed by atoms with E-state index in [2.05, 4.69) is 0 Å². The van der Waals surface area contributed by atoms with Gasteiger partial charge in [0.15, 0.2) is 0 Å². The van der Waals surface area contributed by atoms with Crippen LogP contribution in [0.5, 0.6) is 11.5 Å². The summed E-state index contributed by atoms with van der Waals surface area (Å²) in [6.07, 6.45) is 0. The summed E-state index contributed by atoms with van der Waals surface area (Å²) in [7, 11) is -2.62. The van der Waals surface area contributed by atoms with Crippen molar-refractivity contribution in [3.63, 3.8) is 0 Å². The minimum Gasteiger partial charge on any atom is -0.495 e. The van der Waals surface area contributed by atoms with E-state index >= 15 is 0 Å². The van der Waals surface area contributed by atoms with Gasteiger partial charge in [0, 0.05) is 11.1 Å². The van der Waals surface area contributed by atoms with Gasteiger partial charge in [-0.15, -0.1) is 0 Å². The number of hydrogen-bond acceptors (Lipinski definition) is 4. The predicted molar refractivity (Wildman–Crippen MR) is 81.7 cm³/mol. The minimum atomic E-state index is -4.00. The fourth-order valence-corrected chi connectivity index (χ4v) is 3.12. The molecule has 2 aromatic rings. The van der Waals surface area contributed by atoms with Crippen LogP contribution in [0.25, 0.3) is 0 Å². The highest BCUT2D eigenvalue weighted by molar-refractivity contribution is 7.87. The Labute approximate surface area is 129 Å². The number of benzene rings is 2. The average Bonchev–Trinajstić information content (AvgIpc) is 2.43. The van der Waals surface area contributed by atoms with Gasteiger partial charge in [-0.25, -0.2) is 0 Å². The largest absolute Gasteiger partial charge is 0.495 e. The fraction of sp³-hybridized carbons (Fsp3) is 0.200. The van der Waals surface area contributed by atoms with E-state index in [1.165, 1.54) is 25.3 Å². The van der Waals surface area contributed by atoms with Crippen molar-refractivity contribution in [2.24, 2.45) is 0 Å². The summed E-state index contributed by atoms with van der Waals surface area (Å²) in [4.78, 5) is -0.0599. The molecule has 0 aliphatic rings. The van der Waals surface area contributed by atoms with Crippen LogP contribution in [0, 0.1) is 13.8 Å². The van der Waals surface area contributed by atoms with Crippen LogP contribution in [0.2, 0.25) is 5.02 Å². The van der Waals surface area contributed by atoms with Crippen LogP contribution in [-0.2, 0) is 10.1 Å². The molecule has 0 atom stereocenters. The van der Waals surface area contributed by atoms with Gasteiger partial charge in [0.2, 0.25) is 0 Å². The molecule has 0 amide bonds. The van der Waals surface area contributed by atoms with Gasteiger partial charge in [0.1, 0.15) is 16.4 Å². The summed E-state index contributed by atoms with van der Waals surface area (Å²) in [5, 5.41) is 0.387. The molecule has 0 radical (unpaired) electrons. The second-order valence-electron chi connectivity index (χ2n) is 4.53. The van der Waals surface area contributed by atoms with Gasteiger partial charge in [-0.1, -0.05) is 23.7 Å². The van der Waals surface area contributed by atoms with Crippen molar-refractivity contribution in [1.82, 2.24) is 0 Å². The van der Waals surface area contributed by atoms with E-state index in [4.69, 9.17) is 20.5 Å². The number of methoxy groups -OCH3 is 1. The molecule has 0 saturated carbocycles. The molecule has 0 spiro atoms. The lowest BCUT2D eigenvalue weighted by atomic mass is 10.1. The lowest BCUT2D eigenvalue weighted by Gasteiger charge is -2.13. The first-order chi connectivity index (χ1) is 9.85. The van der Waals surface area contributed by atoms with E-state index in [-0.39, 0.29) is 10.6 Å². The molecular weight excluding hydrogens is 312 g/mol. The molecule has 6 heteroatoms. The molecule has 0 aliphatic heterocycles. The Hall–Kier alpha value is -1.72. The normalized spacial score (nSPS) is 11.2. The van der Waals surface area contributed by atoms with E-state index in [1.807, 2.05) is 13.0 Å². The van der Waals surface area contributed by atoms with Crippen LogP contribution >= 0.6 is 11.6 Å². The summed E-state index contributed by atoms with van der Waals surface area (Å²) in [6, 6.07) is 9.51. The zero-order valence-corrected chi connectivity index (χ0v) is 13.5. The second-order valence-corrected chi connectivity index (χ2v) is 6.48. The van der Waals surface area contributed by atoms with Crippen molar-refractivity contribution < 1.29 is 17.3 Å². The molecule has 21 heavy (non-hydrogen) atoms. The summed E-state index contributed by atoms with van der Waals surface area (Å²) in [5.74, 6) is 0.444. The van der Waals surface area contributed by atoms with E-state index in [1.54, 1.807) is 19.1 Å². The molecule has 2 aromatic carbocycles. The number of ether oxygens (including phenoxy) is 1. The Morgan fingerprint density at radius 2 is 1.76 bits per heavy atom. The monoisotopic (exact) mass is 326 g/mol. The maximum absolute atomic E-state index is 12.4. The van der Waals surface area contributed by atoms with Gasteiger partial charge in [-0.3, -0.25) is 0 Å². The third kappa shape index (κ3) is 3.31. The Morgan fingerprint density at radius 3 is 2.43 bits per heavy atom. The number of aryl methyl sites for hydroxylation is 1. The molecule has 112 valence electrons. The van der Waals surface area contributed by atoms with E-state index in [0.717, 1.165) is 11.1 Å². The third-order valence-electron chi connectivity index (χ3n) is 3.15. The molecule has 2 rings (SSSR count). The van der Waals surface area contributed by atoms with Gasteiger partial charge in [-0.2, -0.15) is 8.42 Å². The van der Waals surface area contributed by atoms with Gasteiger partial charge in [0.25, 0.3) is 0 Å². The second kappa shape index (κ2) is 5.95. The Kier molecular flexibility index (Phi) is 4.44. The van der Waals surface area contributed by atoms with Crippen molar-refractivity contribution in [3.05, 3.63) is 52.5 Å². The molecule has 0 aliphatic carbocycles. The molecule has 0 unspecified atom stereocenters. The van der Waals surface area contributed by atoms with Crippen LogP contribution < -0.4 is 8.92 Å². The van der Waals surface area contributed by atoms with Crippen molar-refractivity contribution >= 4 is 21.7 Å². The first kappa shape index (κ1) is 15.7. The fourth-order valence-electron chi connectivity index (χ4n) is 1.83. The summed E-state index contributed by atoms with van der Waals surface area (Å²) in [6.45, 7) is 3.69. The van der Waals surface area contributed by atoms with Gasteiger partial charge < -0.3 is 8.92 Å². The Bertz CT molecular complexity index is 769. The van der Waals surface area contributed by atoms with Crippen LogP contribution in [0.4, 0.5) is 0 Å². The summed E-state index contributed by atoms with van der Waals surface area (Å²) >= 11 is 5.84. The van der Waals surface area contributed by atoms with Crippen LogP contribution in [0.1, 0.15) is 11.1 Å². The van der Waals surface area contributed by atoms with E-state index < -0.39 is 10.1 Å². The quantitative estimate of drug-likeness (QED) is 0.803. The van der Waals surface area contributed by atoms with E-state index in [9.17, 15) is 8.42 Å². The van der Waals surface area contributed by atoms with Crippen molar-refractivity contribution in [3.8, 4) is 11.5 Å². The van der Waals surface area contributed by atoms with Gasteiger partial charge in [0.05, 0.1) is 7.11 Å². The number of halogens is 1. The number of rotatable bonds is 4. The molecule has 0 N–H and O–H groups in total. The van der Waals surface area contributed by atoms with Crippen molar-refractivity contribution in [2.75, 3.05) is 7.11 Å². The SMILES string of the molecule is COc1cc(Cl)ccc1S(=O)(=O)Oc1cccc(C)c1C. The average molecular weight is 327 g/mol.